The number of hydrogen-bond acceptors (Lipinski definition) is 7. The molecule has 1 fully saturated rings. The minimum atomic E-state index is 0.457. The number of benzene rings is 2. The lowest BCUT2D eigenvalue weighted by atomic mass is 10.2. The fourth-order valence-electron chi connectivity index (χ4n) is 3.34. The number of para-hydroxylation sites is 1. The second kappa shape index (κ2) is 8.56. The highest BCUT2D eigenvalue weighted by Crippen LogP contribution is 2.23. The summed E-state index contributed by atoms with van der Waals surface area (Å²) in [5.41, 5.74) is 3.25. The van der Waals surface area contributed by atoms with Gasteiger partial charge in [0.25, 0.3) is 0 Å². The number of anilines is 4. The molecule has 0 amide bonds. The monoisotopic (exact) mass is 376 g/mol. The van der Waals surface area contributed by atoms with E-state index >= 15 is 0 Å². The Morgan fingerprint density at radius 2 is 1.82 bits per heavy atom. The average molecular weight is 376 g/mol. The van der Waals surface area contributed by atoms with Gasteiger partial charge in [-0.1, -0.05) is 18.2 Å². The maximum absolute atomic E-state index is 5.38. The summed E-state index contributed by atoms with van der Waals surface area (Å²) < 4.78 is 5.38. The van der Waals surface area contributed by atoms with E-state index in [9.17, 15) is 0 Å². The van der Waals surface area contributed by atoms with Gasteiger partial charge in [-0.2, -0.15) is 10.1 Å². The van der Waals surface area contributed by atoms with Gasteiger partial charge in [0.15, 0.2) is 5.82 Å². The first kappa shape index (κ1) is 18.0. The molecule has 0 bridgehead atoms. The van der Waals surface area contributed by atoms with Gasteiger partial charge in [-0.15, -0.1) is 5.10 Å². The summed E-state index contributed by atoms with van der Waals surface area (Å²) in [6, 6.07) is 16.2. The molecule has 0 saturated carbocycles. The summed E-state index contributed by atoms with van der Waals surface area (Å²) in [4.78, 5) is 6.90. The van der Waals surface area contributed by atoms with Gasteiger partial charge in [-0.05, 0) is 43.2 Å². The lowest BCUT2D eigenvalue weighted by Gasteiger charge is -2.17. The summed E-state index contributed by atoms with van der Waals surface area (Å²) in [6.07, 6.45) is 4.15. The third kappa shape index (κ3) is 4.31. The minimum absolute atomic E-state index is 0.457. The largest absolute Gasteiger partial charge is 0.496 e. The Labute approximate surface area is 164 Å². The van der Waals surface area contributed by atoms with Crippen molar-refractivity contribution in [3.63, 3.8) is 0 Å². The number of aromatic nitrogens is 3. The molecule has 28 heavy (non-hydrogen) atoms. The first-order valence-electron chi connectivity index (χ1n) is 9.49. The Morgan fingerprint density at radius 1 is 1.04 bits per heavy atom. The highest BCUT2D eigenvalue weighted by Gasteiger charge is 2.12. The Kier molecular flexibility index (Phi) is 5.51. The molecule has 2 aromatic carbocycles. The molecule has 0 spiro atoms. The fourth-order valence-corrected chi connectivity index (χ4v) is 3.34. The molecule has 1 aromatic heterocycles. The summed E-state index contributed by atoms with van der Waals surface area (Å²) in [5, 5.41) is 14.6. The van der Waals surface area contributed by atoms with Crippen LogP contribution in [0.5, 0.6) is 5.75 Å². The lowest BCUT2D eigenvalue weighted by molar-refractivity contribution is 0.410. The molecule has 0 aliphatic carbocycles. The molecule has 1 saturated heterocycles. The van der Waals surface area contributed by atoms with Gasteiger partial charge in [0, 0.05) is 36.6 Å². The normalized spacial score (nSPS) is 13.4. The van der Waals surface area contributed by atoms with E-state index in [0.717, 1.165) is 30.1 Å². The zero-order chi connectivity index (χ0) is 19.2. The van der Waals surface area contributed by atoms with Crippen LogP contribution in [0.25, 0.3) is 0 Å². The summed E-state index contributed by atoms with van der Waals surface area (Å²) >= 11 is 0. The summed E-state index contributed by atoms with van der Waals surface area (Å²) in [7, 11) is 1.67. The molecule has 1 aliphatic heterocycles. The van der Waals surface area contributed by atoms with E-state index in [-0.39, 0.29) is 0 Å². The molecular formula is C21H24N6O. The molecule has 4 rings (SSSR count). The first-order chi connectivity index (χ1) is 13.8. The number of nitrogens with zero attached hydrogens (tertiary/aromatic N) is 4. The van der Waals surface area contributed by atoms with Crippen molar-refractivity contribution in [2.24, 2.45) is 0 Å². The molecule has 0 radical (unpaired) electrons. The highest BCUT2D eigenvalue weighted by atomic mass is 16.5. The molecule has 144 valence electrons. The van der Waals surface area contributed by atoms with E-state index in [2.05, 4.69) is 42.8 Å². The van der Waals surface area contributed by atoms with Crippen molar-refractivity contribution in [2.45, 2.75) is 19.4 Å². The van der Waals surface area contributed by atoms with Crippen molar-refractivity contribution in [2.75, 3.05) is 35.7 Å². The first-order valence-corrected chi connectivity index (χ1v) is 9.49. The Hall–Kier alpha value is -3.35. The summed E-state index contributed by atoms with van der Waals surface area (Å²) in [5.74, 6) is 1.95. The van der Waals surface area contributed by atoms with Crippen molar-refractivity contribution in [3.05, 3.63) is 60.3 Å². The standard InChI is InChI=1S/C21H24N6O/c1-28-19-7-3-2-6-16(19)14-22-20-15-23-26-21(25-20)24-17-8-10-18(11-9-17)27-12-4-5-13-27/h2-3,6-11,15H,4-5,12-14H2,1H3,(H2,22,24,25,26). The number of nitrogens with one attached hydrogen (secondary N) is 2. The molecule has 7 nitrogen and oxygen atoms in total. The van der Waals surface area contributed by atoms with Crippen molar-refractivity contribution < 1.29 is 4.74 Å². The third-order valence-electron chi connectivity index (χ3n) is 4.81. The molecule has 0 unspecified atom stereocenters. The zero-order valence-corrected chi connectivity index (χ0v) is 15.9. The van der Waals surface area contributed by atoms with E-state index < -0.39 is 0 Å². The smallest absolute Gasteiger partial charge is 0.249 e. The average Bonchev–Trinajstić information content (AvgIpc) is 3.28. The number of ether oxygens (including phenoxy) is 1. The Bertz CT molecular complexity index is 909. The van der Waals surface area contributed by atoms with Crippen LogP contribution in [-0.4, -0.2) is 35.4 Å². The van der Waals surface area contributed by atoms with Gasteiger partial charge in [0.2, 0.25) is 5.95 Å². The van der Waals surface area contributed by atoms with Crippen molar-refractivity contribution >= 4 is 23.1 Å². The summed E-state index contributed by atoms with van der Waals surface area (Å²) in [6.45, 7) is 2.87. The van der Waals surface area contributed by atoms with Crippen molar-refractivity contribution in [1.29, 1.82) is 0 Å². The van der Waals surface area contributed by atoms with Crippen LogP contribution in [-0.2, 0) is 6.54 Å². The van der Waals surface area contributed by atoms with E-state index in [4.69, 9.17) is 4.74 Å². The van der Waals surface area contributed by atoms with Crippen LogP contribution in [0.4, 0.5) is 23.1 Å². The SMILES string of the molecule is COc1ccccc1CNc1cnnc(Nc2ccc(N3CCCC3)cc2)n1. The van der Waals surface area contributed by atoms with E-state index in [1.807, 2.05) is 36.4 Å². The number of rotatable bonds is 7. The Morgan fingerprint density at radius 3 is 2.61 bits per heavy atom. The second-order valence-electron chi connectivity index (χ2n) is 6.70. The number of hydrogen-bond donors (Lipinski definition) is 2. The number of methoxy groups -OCH3 is 1. The molecular weight excluding hydrogens is 352 g/mol. The van der Waals surface area contributed by atoms with Crippen molar-refractivity contribution in [1.82, 2.24) is 15.2 Å². The predicted octanol–water partition coefficient (Wildman–Crippen LogP) is 3.84. The van der Waals surface area contributed by atoms with Crippen LogP contribution in [0.1, 0.15) is 18.4 Å². The molecule has 1 aliphatic rings. The molecule has 2 heterocycles. The second-order valence-corrected chi connectivity index (χ2v) is 6.70. The van der Waals surface area contributed by atoms with E-state index in [1.54, 1.807) is 13.3 Å². The fraction of sp³-hybridized carbons (Fsp3) is 0.286. The quantitative estimate of drug-likeness (QED) is 0.649. The van der Waals surface area contributed by atoms with E-state index in [0.29, 0.717) is 18.3 Å². The molecule has 0 atom stereocenters. The van der Waals surface area contributed by atoms with Gasteiger partial charge in [-0.3, -0.25) is 0 Å². The van der Waals surface area contributed by atoms with Gasteiger partial charge in [0.05, 0.1) is 13.3 Å². The third-order valence-corrected chi connectivity index (χ3v) is 4.81. The zero-order valence-electron chi connectivity index (χ0n) is 15.9. The Balaban J connectivity index is 1.39. The lowest BCUT2D eigenvalue weighted by Crippen LogP contribution is -2.17. The van der Waals surface area contributed by atoms with Gasteiger partial charge < -0.3 is 20.3 Å². The maximum Gasteiger partial charge on any atom is 0.249 e. The predicted molar refractivity (Wildman–Crippen MR) is 111 cm³/mol. The van der Waals surface area contributed by atoms with E-state index in [1.165, 1.54) is 18.5 Å². The minimum Gasteiger partial charge on any atom is -0.496 e. The topological polar surface area (TPSA) is 75.2 Å². The molecule has 2 N–H and O–H groups in total. The maximum atomic E-state index is 5.38. The van der Waals surface area contributed by atoms with Crippen LogP contribution in [0.15, 0.2) is 54.7 Å². The van der Waals surface area contributed by atoms with Crippen LogP contribution in [0.3, 0.4) is 0 Å². The van der Waals surface area contributed by atoms with Crippen LogP contribution in [0, 0.1) is 0 Å². The molecule has 3 aromatic rings. The van der Waals surface area contributed by atoms with Gasteiger partial charge in [0.1, 0.15) is 5.75 Å². The van der Waals surface area contributed by atoms with Gasteiger partial charge in [-0.25, -0.2) is 0 Å². The van der Waals surface area contributed by atoms with Crippen LogP contribution < -0.4 is 20.3 Å². The van der Waals surface area contributed by atoms with Crippen LogP contribution >= 0.6 is 0 Å². The molecule has 7 heteroatoms. The van der Waals surface area contributed by atoms with Crippen LogP contribution in [0.2, 0.25) is 0 Å². The highest BCUT2D eigenvalue weighted by molar-refractivity contribution is 5.60. The van der Waals surface area contributed by atoms with Gasteiger partial charge >= 0.3 is 0 Å². The van der Waals surface area contributed by atoms with Crippen molar-refractivity contribution in [3.8, 4) is 5.75 Å².